The Morgan fingerprint density at radius 1 is 0.970 bits per heavy atom. The van der Waals surface area contributed by atoms with E-state index >= 15 is 0 Å². The van der Waals surface area contributed by atoms with Crippen molar-refractivity contribution in [1.82, 2.24) is 0 Å². The predicted molar refractivity (Wildman–Crippen MR) is 125 cm³/mol. The highest BCUT2D eigenvalue weighted by Crippen LogP contribution is 2.88. The molecule has 182 valence electrons. The van der Waals surface area contributed by atoms with Crippen LogP contribution in [0.15, 0.2) is 11.6 Å². The standard InChI is InChI=1S/C29H42O4/c1-17-13-29(33-24(17)31)14-19(15-32-29)21-7-9-26(4)23-6-5-20-18(2)22(30)8-10-27(20)16-28(23,27)12-11-25(21,26)3/h13,18-23,30H,5-12,14-16H2,1-4H3/t18-,19-,20-,21+,22-,23-,25+,26-,27+,28-,29-/m0/s1. The lowest BCUT2D eigenvalue weighted by Gasteiger charge is -2.62. The van der Waals surface area contributed by atoms with E-state index < -0.39 is 5.79 Å². The van der Waals surface area contributed by atoms with E-state index in [2.05, 4.69) is 20.8 Å². The summed E-state index contributed by atoms with van der Waals surface area (Å²) in [4.78, 5) is 12.1. The number of carbonyl (C=O) groups excluding carboxylic acids is 1. The van der Waals surface area contributed by atoms with E-state index in [1.165, 1.54) is 51.4 Å². The van der Waals surface area contributed by atoms with Gasteiger partial charge in [-0.25, -0.2) is 4.79 Å². The molecule has 11 atom stereocenters. The van der Waals surface area contributed by atoms with Gasteiger partial charge in [-0.15, -0.1) is 0 Å². The van der Waals surface area contributed by atoms with Crippen LogP contribution in [-0.4, -0.2) is 29.6 Å². The van der Waals surface area contributed by atoms with Gasteiger partial charge in [0.15, 0.2) is 0 Å². The number of hydrogen-bond donors (Lipinski definition) is 1. The minimum Gasteiger partial charge on any atom is -0.426 e. The molecule has 0 bridgehead atoms. The minimum atomic E-state index is -0.783. The van der Waals surface area contributed by atoms with Crippen LogP contribution < -0.4 is 0 Å². The molecular formula is C29H42O4. The highest BCUT2D eigenvalue weighted by atomic mass is 16.7. The molecule has 0 radical (unpaired) electrons. The number of hydrogen-bond acceptors (Lipinski definition) is 4. The van der Waals surface area contributed by atoms with Gasteiger partial charge in [0.05, 0.1) is 12.7 Å². The molecule has 1 N–H and O–H groups in total. The molecule has 0 aromatic heterocycles. The zero-order valence-electron chi connectivity index (χ0n) is 21.0. The van der Waals surface area contributed by atoms with Crippen LogP contribution in [0.5, 0.6) is 0 Å². The maximum Gasteiger partial charge on any atom is 0.336 e. The molecule has 5 aliphatic carbocycles. The van der Waals surface area contributed by atoms with Gasteiger partial charge < -0.3 is 14.6 Å². The molecule has 6 fully saturated rings. The summed E-state index contributed by atoms with van der Waals surface area (Å²) in [7, 11) is 0. The van der Waals surface area contributed by atoms with Gasteiger partial charge in [0, 0.05) is 12.0 Å². The second kappa shape index (κ2) is 6.27. The van der Waals surface area contributed by atoms with Gasteiger partial charge in [0.1, 0.15) is 0 Å². The lowest BCUT2D eigenvalue weighted by molar-refractivity contribution is -0.182. The second-order valence-corrected chi connectivity index (χ2v) is 14.0. The second-order valence-electron chi connectivity index (χ2n) is 14.0. The molecule has 4 heteroatoms. The fraction of sp³-hybridized carbons (Fsp3) is 0.897. The third-order valence-corrected chi connectivity index (χ3v) is 13.4. The number of ether oxygens (including phenoxy) is 2. The summed E-state index contributed by atoms with van der Waals surface area (Å²) in [6.45, 7) is 10.2. The SMILES string of the molecule is CC1=C[C@@]2(C[C@H]([C@H]3CC[C@@]4(C)[C@@H]5CC[C@H]6[C@H](C)[C@@H](O)CC[C@@]67C[C@@]57CC[C@]34C)CO2)OC1=O. The Hall–Kier alpha value is -0.870. The van der Waals surface area contributed by atoms with Crippen molar-refractivity contribution >= 4 is 5.97 Å². The van der Waals surface area contributed by atoms with E-state index in [1.54, 1.807) is 0 Å². The smallest absolute Gasteiger partial charge is 0.336 e. The molecule has 0 aromatic carbocycles. The molecule has 0 aromatic rings. The van der Waals surface area contributed by atoms with Crippen molar-refractivity contribution in [2.45, 2.75) is 104 Å². The number of rotatable bonds is 1. The van der Waals surface area contributed by atoms with Crippen LogP contribution in [0.3, 0.4) is 0 Å². The zero-order valence-corrected chi connectivity index (χ0v) is 21.0. The van der Waals surface area contributed by atoms with Gasteiger partial charge in [-0.05, 0) is 122 Å². The molecule has 1 saturated heterocycles. The van der Waals surface area contributed by atoms with Crippen LogP contribution in [0.4, 0.5) is 0 Å². The van der Waals surface area contributed by atoms with Crippen molar-refractivity contribution in [3.63, 3.8) is 0 Å². The maximum absolute atomic E-state index is 12.1. The van der Waals surface area contributed by atoms with E-state index in [4.69, 9.17) is 9.47 Å². The molecular weight excluding hydrogens is 412 g/mol. The van der Waals surface area contributed by atoms with Crippen molar-refractivity contribution in [2.24, 2.45) is 51.2 Å². The largest absolute Gasteiger partial charge is 0.426 e. The van der Waals surface area contributed by atoms with Gasteiger partial charge in [-0.3, -0.25) is 0 Å². The summed E-state index contributed by atoms with van der Waals surface area (Å²) >= 11 is 0. The molecule has 3 spiro atoms. The highest BCUT2D eigenvalue weighted by molar-refractivity contribution is 5.90. The number of aliphatic hydroxyl groups excluding tert-OH is 1. The van der Waals surface area contributed by atoms with Gasteiger partial charge >= 0.3 is 5.97 Å². The summed E-state index contributed by atoms with van der Waals surface area (Å²) in [5.41, 5.74) is 2.54. The lowest BCUT2D eigenvalue weighted by atomic mass is 9.43. The van der Waals surface area contributed by atoms with Gasteiger partial charge in [0.2, 0.25) is 5.79 Å². The fourth-order valence-electron chi connectivity index (χ4n) is 11.6. The Kier molecular flexibility index (Phi) is 4.07. The summed E-state index contributed by atoms with van der Waals surface area (Å²) < 4.78 is 11.9. The van der Waals surface area contributed by atoms with Crippen LogP contribution in [0, 0.1) is 51.2 Å². The molecule has 2 heterocycles. The molecule has 7 rings (SSSR count). The fourth-order valence-corrected chi connectivity index (χ4v) is 11.6. The first-order valence-corrected chi connectivity index (χ1v) is 13.8. The Morgan fingerprint density at radius 3 is 2.55 bits per heavy atom. The van der Waals surface area contributed by atoms with Gasteiger partial charge in [-0.1, -0.05) is 20.8 Å². The van der Waals surface area contributed by atoms with E-state index in [0.29, 0.717) is 45.0 Å². The zero-order chi connectivity index (χ0) is 23.0. The molecule has 7 aliphatic rings. The monoisotopic (exact) mass is 454 g/mol. The number of aliphatic hydroxyl groups is 1. The Labute approximate surface area is 198 Å². The molecule has 33 heavy (non-hydrogen) atoms. The molecule has 4 nitrogen and oxygen atoms in total. The van der Waals surface area contributed by atoms with E-state index in [1.807, 2.05) is 13.0 Å². The Morgan fingerprint density at radius 2 is 1.79 bits per heavy atom. The van der Waals surface area contributed by atoms with Crippen molar-refractivity contribution in [1.29, 1.82) is 0 Å². The van der Waals surface area contributed by atoms with Crippen LogP contribution in [0.2, 0.25) is 0 Å². The van der Waals surface area contributed by atoms with Crippen molar-refractivity contribution in [2.75, 3.05) is 6.61 Å². The third-order valence-electron chi connectivity index (χ3n) is 13.4. The minimum absolute atomic E-state index is 0.0767. The highest BCUT2D eigenvalue weighted by Gasteiger charge is 2.81. The van der Waals surface area contributed by atoms with Crippen LogP contribution in [0.1, 0.15) is 91.9 Å². The molecule has 0 amide bonds. The van der Waals surface area contributed by atoms with Crippen LogP contribution in [-0.2, 0) is 14.3 Å². The summed E-state index contributed by atoms with van der Waals surface area (Å²) in [6.07, 6.45) is 14.5. The normalized spacial score (nSPS) is 61.1. The average molecular weight is 455 g/mol. The number of carbonyl (C=O) groups is 1. The summed E-state index contributed by atoms with van der Waals surface area (Å²) in [5, 5.41) is 10.6. The molecule has 5 saturated carbocycles. The maximum atomic E-state index is 12.1. The number of fused-ring (bicyclic) bond motifs is 2. The summed E-state index contributed by atoms with van der Waals surface area (Å²) in [6, 6.07) is 0. The van der Waals surface area contributed by atoms with Crippen molar-refractivity contribution in [3.8, 4) is 0 Å². The van der Waals surface area contributed by atoms with Gasteiger partial charge in [0.25, 0.3) is 0 Å². The first kappa shape index (κ1) is 21.4. The van der Waals surface area contributed by atoms with E-state index in [0.717, 1.165) is 31.3 Å². The summed E-state index contributed by atoms with van der Waals surface area (Å²) in [5.74, 6) is 2.22. The number of esters is 1. The van der Waals surface area contributed by atoms with Crippen LogP contribution >= 0.6 is 0 Å². The first-order chi connectivity index (χ1) is 15.6. The van der Waals surface area contributed by atoms with Gasteiger partial charge in [-0.2, -0.15) is 0 Å². The predicted octanol–water partition coefficient (Wildman–Crippen LogP) is 5.63. The van der Waals surface area contributed by atoms with Crippen LogP contribution in [0.25, 0.3) is 0 Å². The molecule has 2 aliphatic heterocycles. The molecule has 0 unspecified atom stereocenters. The lowest BCUT2D eigenvalue weighted by Crippen LogP contribution is -2.56. The van der Waals surface area contributed by atoms with E-state index in [9.17, 15) is 9.90 Å². The van der Waals surface area contributed by atoms with Crippen molar-refractivity contribution in [3.05, 3.63) is 11.6 Å². The van der Waals surface area contributed by atoms with Crippen molar-refractivity contribution < 1.29 is 19.4 Å². The third kappa shape index (κ3) is 2.35. The Bertz CT molecular complexity index is 942. The van der Waals surface area contributed by atoms with E-state index in [-0.39, 0.29) is 12.1 Å². The quantitative estimate of drug-likeness (QED) is 0.522. The Balaban J connectivity index is 1.17. The average Bonchev–Trinajstić information content (AvgIpc) is 2.94. The topological polar surface area (TPSA) is 55.8 Å². The first-order valence-electron chi connectivity index (χ1n) is 13.8.